The quantitative estimate of drug-likeness (QED) is 0.260. The number of pyridine rings is 1. The fraction of sp³-hybridized carbons (Fsp3) is 0.312. The second kappa shape index (κ2) is 11.4. The lowest BCUT2D eigenvalue weighted by molar-refractivity contribution is 0.190. The number of hydrogen-bond acceptors (Lipinski definition) is 6. The van der Waals surface area contributed by atoms with E-state index < -0.39 is 6.04 Å². The number of aryl methyl sites for hydroxylation is 1. The van der Waals surface area contributed by atoms with Crippen LogP contribution in [0, 0.1) is 6.92 Å². The van der Waals surface area contributed by atoms with Gasteiger partial charge in [-0.3, -0.25) is 9.69 Å². The van der Waals surface area contributed by atoms with E-state index >= 15 is 0 Å². The van der Waals surface area contributed by atoms with Crippen molar-refractivity contribution in [2.45, 2.75) is 57.8 Å². The molecule has 1 atom stereocenters. The van der Waals surface area contributed by atoms with Gasteiger partial charge in [-0.2, -0.15) is 0 Å². The molecule has 1 aliphatic rings. The highest BCUT2D eigenvalue weighted by Gasteiger charge is 2.33. The molecular weight excluding hydrogens is 500 g/mol. The molecule has 0 spiro atoms. The van der Waals surface area contributed by atoms with Crippen LogP contribution in [0.3, 0.4) is 0 Å². The Morgan fingerprint density at radius 1 is 0.975 bits per heavy atom. The van der Waals surface area contributed by atoms with E-state index in [4.69, 9.17) is 4.74 Å². The minimum Gasteiger partial charge on any atom is -0.497 e. The lowest BCUT2D eigenvalue weighted by Crippen LogP contribution is -2.35. The Kier molecular flexibility index (Phi) is 7.42. The minimum atomic E-state index is -0.466. The maximum atomic E-state index is 13.9. The third kappa shape index (κ3) is 5.27. The third-order valence-electron chi connectivity index (χ3n) is 7.98. The number of ether oxygens (including phenoxy) is 1. The maximum Gasteiger partial charge on any atom is 0.253 e. The van der Waals surface area contributed by atoms with E-state index in [1.54, 1.807) is 7.11 Å². The van der Waals surface area contributed by atoms with E-state index in [1.807, 2.05) is 66.2 Å². The molecule has 3 aromatic carbocycles. The van der Waals surface area contributed by atoms with Crippen molar-refractivity contribution in [3.63, 3.8) is 0 Å². The average Bonchev–Trinajstić information content (AvgIpc) is 3.68. The molecule has 0 bridgehead atoms. The Morgan fingerprint density at radius 3 is 2.42 bits per heavy atom. The number of aromatic nitrogens is 5. The smallest absolute Gasteiger partial charge is 0.253 e. The van der Waals surface area contributed by atoms with E-state index in [0.29, 0.717) is 24.5 Å². The van der Waals surface area contributed by atoms with Crippen LogP contribution < -0.4 is 10.3 Å². The molecule has 6 rings (SSSR count). The molecular formula is C32H34N6O2. The Labute approximate surface area is 233 Å². The van der Waals surface area contributed by atoms with Crippen LogP contribution in [-0.2, 0) is 13.1 Å². The molecule has 5 aromatic rings. The van der Waals surface area contributed by atoms with E-state index in [2.05, 4.69) is 49.7 Å². The van der Waals surface area contributed by atoms with Crippen LogP contribution in [0.5, 0.6) is 5.75 Å². The highest BCUT2D eigenvalue weighted by atomic mass is 16.5. The first-order chi connectivity index (χ1) is 19.6. The van der Waals surface area contributed by atoms with Crippen LogP contribution in [0.15, 0.2) is 83.7 Å². The SMILES string of the molecule is COc1ccc(CN(Cc2ccccc2)C(c2cc3cccc(C)c3[nH]c2=O)c2nnnn2C2CCCC2)cc1. The van der Waals surface area contributed by atoms with Gasteiger partial charge in [0.25, 0.3) is 5.56 Å². The summed E-state index contributed by atoms with van der Waals surface area (Å²) < 4.78 is 7.37. The van der Waals surface area contributed by atoms with E-state index in [0.717, 1.165) is 59.0 Å². The number of aromatic amines is 1. The van der Waals surface area contributed by atoms with Gasteiger partial charge < -0.3 is 9.72 Å². The molecule has 1 N–H and O–H groups in total. The lowest BCUT2D eigenvalue weighted by Gasteiger charge is -2.32. The number of H-pyrrole nitrogens is 1. The van der Waals surface area contributed by atoms with Gasteiger partial charge in [0.05, 0.1) is 18.7 Å². The summed E-state index contributed by atoms with van der Waals surface area (Å²) in [7, 11) is 1.67. The van der Waals surface area contributed by atoms with Gasteiger partial charge in [0, 0.05) is 18.7 Å². The fourth-order valence-electron chi connectivity index (χ4n) is 5.91. The summed E-state index contributed by atoms with van der Waals surface area (Å²) in [5.74, 6) is 1.51. The van der Waals surface area contributed by atoms with Crippen molar-refractivity contribution in [3.8, 4) is 5.75 Å². The van der Waals surface area contributed by atoms with Crippen molar-refractivity contribution < 1.29 is 4.74 Å². The first-order valence-electron chi connectivity index (χ1n) is 13.9. The summed E-state index contributed by atoms with van der Waals surface area (Å²) in [6, 6.07) is 26.3. The van der Waals surface area contributed by atoms with Gasteiger partial charge >= 0.3 is 0 Å². The third-order valence-corrected chi connectivity index (χ3v) is 7.98. The van der Waals surface area contributed by atoms with Crippen molar-refractivity contribution in [3.05, 3.63) is 117 Å². The largest absolute Gasteiger partial charge is 0.497 e. The van der Waals surface area contributed by atoms with Gasteiger partial charge in [0.2, 0.25) is 0 Å². The molecule has 1 fully saturated rings. The number of benzene rings is 3. The molecule has 0 aliphatic heterocycles. The van der Waals surface area contributed by atoms with E-state index in [9.17, 15) is 4.79 Å². The molecule has 2 heterocycles. The molecule has 8 nitrogen and oxygen atoms in total. The van der Waals surface area contributed by atoms with Crippen LogP contribution in [0.1, 0.15) is 65.8 Å². The number of hydrogen-bond donors (Lipinski definition) is 1. The van der Waals surface area contributed by atoms with Crippen molar-refractivity contribution in [2.75, 3.05) is 7.11 Å². The zero-order valence-electron chi connectivity index (χ0n) is 23.0. The first kappa shape index (κ1) is 26.0. The standard InChI is InChI=1S/C32H34N6O2/c1-22-9-8-12-25-19-28(32(39)33-29(22)25)30(31-34-35-36-38(31)26-13-6-7-14-26)37(20-23-10-4-3-5-11-23)21-24-15-17-27(40-2)18-16-24/h3-5,8-12,15-19,26,30H,6-7,13-14,20-21H2,1-2H3,(H,33,39). The van der Waals surface area contributed by atoms with Crippen LogP contribution in [0.2, 0.25) is 0 Å². The van der Waals surface area contributed by atoms with Gasteiger partial charge in [0.15, 0.2) is 5.82 Å². The number of para-hydroxylation sites is 1. The minimum absolute atomic E-state index is 0.124. The van der Waals surface area contributed by atoms with Gasteiger partial charge in [0.1, 0.15) is 11.8 Å². The fourth-order valence-corrected chi connectivity index (χ4v) is 5.91. The second-order valence-electron chi connectivity index (χ2n) is 10.7. The Hall–Kier alpha value is -4.30. The Bertz CT molecular complexity index is 1640. The monoisotopic (exact) mass is 534 g/mol. The molecule has 40 heavy (non-hydrogen) atoms. The van der Waals surface area contributed by atoms with Crippen LogP contribution in [0.4, 0.5) is 0 Å². The van der Waals surface area contributed by atoms with Crippen LogP contribution in [-0.4, -0.2) is 37.2 Å². The summed E-state index contributed by atoms with van der Waals surface area (Å²) in [6.07, 6.45) is 4.39. The van der Waals surface area contributed by atoms with E-state index in [-0.39, 0.29) is 11.6 Å². The van der Waals surface area contributed by atoms with Crippen molar-refractivity contribution in [2.24, 2.45) is 0 Å². The normalized spacial score (nSPS) is 14.7. The second-order valence-corrected chi connectivity index (χ2v) is 10.7. The molecule has 8 heteroatoms. The number of nitrogens with one attached hydrogen (secondary N) is 1. The molecule has 2 aromatic heterocycles. The van der Waals surface area contributed by atoms with E-state index in [1.165, 1.54) is 0 Å². The first-order valence-corrected chi connectivity index (χ1v) is 13.9. The molecule has 0 saturated heterocycles. The molecule has 1 saturated carbocycles. The highest BCUT2D eigenvalue weighted by molar-refractivity contribution is 5.82. The van der Waals surface area contributed by atoms with Gasteiger partial charge in [-0.1, -0.05) is 73.5 Å². The Morgan fingerprint density at radius 2 is 1.70 bits per heavy atom. The molecule has 1 unspecified atom stereocenters. The number of tetrazole rings is 1. The topological polar surface area (TPSA) is 88.9 Å². The predicted octanol–water partition coefficient (Wildman–Crippen LogP) is 5.74. The van der Waals surface area contributed by atoms with Gasteiger partial charge in [-0.15, -0.1) is 5.10 Å². The lowest BCUT2D eigenvalue weighted by atomic mass is 10.00. The zero-order chi connectivity index (χ0) is 27.5. The molecule has 204 valence electrons. The summed E-state index contributed by atoms with van der Waals surface area (Å²) >= 11 is 0. The van der Waals surface area contributed by atoms with Crippen molar-refractivity contribution >= 4 is 10.9 Å². The summed E-state index contributed by atoms with van der Waals surface area (Å²) in [6.45, 7) is 3.22. The number of fused-ring (bicyclic) bond motifs is 1. The predicted molar refractivity (Wildman–Crippen MR) is 155 cm³/mol. The summed E-state index contributed by atoms with van der Waals surface area (Å²) in [5.41, 5.74) is 4.66. The maximum absolute atomic E-state index is 13.9. The summed E-state index contributed by atoms with van der Waals surface area (Å²) in [4.78, 5) is 19.4. The average molecular weight is 535 g/mol. The van der Waals surface area contributed by atoms with Crippen LogP contribution in [0.25, 0.3) is 10.9 Å². The summed E-state index contributed by atoms with van der Waals surface area (Å²) in [5, 5.41) is 14.2. The van der Waals surface area contributed by atoms with Crippen molar-refractivity contribution in [1.82, 2.24) is 30.1 Å². The molecule has 0 radical (unpaired) electrons. The molecule has 0 amide bonds. The van der Waals surface area contributed by atoms with Crippen LogP contribution >= 0.6 is 0 Å². The number of methoxy groups -OCH3 is 1. The number of rotatable bonds is 9. The van der Waals surface area contributed by atoms with Crippen molar-refractivity contribution in [1.29, 1.82) is 0 Å². The Balaban J connectivity index is 1.53. The molecule has 1 aliphatic carbocycles. The van der Waals surface area contributed by atoms with Gasteiger partial charge in [-0.05, 0) is 70.5 Å². The number of nitrogens with zero attached hydrogens (tertiary/aromatic N) is 5. The highest BCUT2D eigenvalue weighted by Crippen LogP contribution is 2.35. The van der Waals surface area contributed by atoms with Gasteiger partial charge in [-0.25, -0.2) is 4.68 Å². The zero-order valence-corrected chi connectivity index (χ0v) is 23.0.